The van der Waals surface area contributed by atoms with Crippen LogP contribution in [0.15, 0.2) is 36.4 Å². The van der Waals surface area contributed by atoms with Crippen molar-refractivity contribution in [1.82, 2.24) is 0 Å². The summed E-state index contributed by atoms with van der Waals surface area (Å²) in [6, 6.07) is 9.49. The number of halogens is 2. The van der Waals surface area contributed by atoms with E-state index >= 15 is 0 Å². The Kier molecular flexibility index (Phi) is 6.84. The molecule has 7 nitrogen and oxygen atoms in total. The van der Waals surface area contributed by atoms with Crippen molar-refractivity contribution >= 4 is 46.5 Å². The van der Waals surface area contributed by atoms with Crippen LogP contribution >= 0.6 is 23.2 Å². The lowest BCUT2D eigenvalue weighted by molar-refractivity contribution is -0.147. The normalized spacial score (nSPS) is 15.8. The topological polar surface area (TPSA) is 82.1 Å². The standard InChI is InChI=1S/C21H19Cl2NO6/c1-28-14-4-6-19(29-2)17(9-14)24-10-12(7-20(24)26)21(27)30-11-18(25)15-5-3-13(22)8-16(15)23/h3-6,8-9,12H,7,10-11H2,1-2H3/t12-/m1/s1. The second kappa shape index (κ2) is 9.36. The van der Waals surface area contributed by atoms with Gasteiger partial charge in [0.25, 0.3) is 0 Å². The van der Waals surface area contributed by atoms with Crippen LogP contribution in [-0.2, 0) is 14.3 Å². The molecule has 0 aromatic heterocycles. The lowest BCUT2D eigenvalue weighted by Gasteiger charge is -2.20. The van der Waals surface area contributed by atoms with Gasteiger partial charge >= 0.3 is 5.97 Å². The zero-order valence-electron chi connectivity index (χ0n) is 16.3. The van der Waals surface area contributed by atoms with Crippen LogP contribution in [0, 0.1) is 5.92 Å². The molecule has 0 radical (unpaired) electrons. The minimum Gasteiger partial charge on any atom is -0.497 e. The van der Waals surface area contributed by atoms with Crippen LogP contribution in [0.4, 0.5) is 5.69 Å². The fraction of sp³-hybridized carbons (Fsp3) is 0.286. The first kappa shape index (κ1) is 21.9. The van der Waals surface area contributed by atoms with Crippen molar-refractivity contribution in [2.45, 2.75) is 6.42 Å². The SMILES string of the molecule is COc1ccc(OC)c(N2C[C@H](C(=O)OCC(=O)c3ccc(Cl)cc3Cl)CC2=O)c1. The third-order valence-corrected chi connectivity index (χ3v) is 5.26. The molecule has 0 N–H and O–H groups in total. The van der Waals surface area contributed by atoms with Gasteiger partial charge in [-0.1, -0.05) is 23.2 Å². The van der Waals surface area contributed by atoms with E-state index < -0.39 is 24.3 Å². The highest BCUT2D eigenvalue weighted by Crippen LogP contribution is 2.36. The van der Waals surface area contributed by atoms with Crippen molar-refractivity contribution in [1.29, 1.82) is 0 Å². The van der Waals surface area contributed by atoms with E-state index in [-0.39, 0.29) is 29.5 Å². The third-order valence-electron chi connectivity index (χ3n) is 4.71. The van der Waals surface area contributed by atoms with Crippen LogP contribution in [0.1, 0.15) is 16.8 Å². The fourth-order valence-corrected chi connectivity index (χ4v) is 3.67. The number of ether oxygens (including phenoxy) is 3. The number of hydrogen-bond donors (Lipinski definition) is 0. The number of hydrogen-bond acceptors (Lipinski definition) is 6. The highest BCUT2D eigenvalue weighted by atomic mass is 35.5. The van der Waals surface area contributed by atoms with Gasteiger partial charge in [-0.15, -0.1) is 0 Å². The number of amides is 1. The van der Waals surface area contributed by atoms with Crippen molar-refractivity contribution in [3.05, 3.63) is 52.0 Å². The summed E-state index contributed by atoms with van der Waals surface area (Å²) in [6.45, 7) is -0.371. The van der Waals surface area contributed by atoms with Gasteiger partial charge in [-0.2, -0.15) is 0 Å². The molecule has 30 heavy (non-hydrogen) atoms. The summed E-state index contributed by atoms with van der Waals surface area (Å²) in [5.74, 6) is -1.02. The number of carbonyl (C=O) groups excluding carboxylic acids is 3. The predicted molar refractivity (Wildman–Crippen MR) is 112 cm³/mol. The molecule has 1 aliphatic heterocycles. The molecule has 0 spiro atoms. The predicted octanol–water partition coefficient (Wildman–Crippen LogP) is 3.79. The molecule has 1 aliphatic rings. The molecule has 0 aliphatic carbocycles. The molecule has 1 amide bonds. The van der Waals surface area contributed by atoms with E-state index in [0.29, 0.717) is 22.2 Å². The van der Waals surface area contributed by atoms with Crippen molar-refractivity contribution < 1.29 is 28.6 Å². The molecular formula is C21H19Cl2NO6. The van der Waals surface area contributed by atoms with Gasteiger partial charge in [-0.3, -0.25) is 14.4 Å². The van der Waals surface area contributed by atoms with E-state index in [9.17, 15) is 14.4 Å². The summed E-state index contributed by atoms with van der Waals surface area (Å²) in [4.78, 5) is 38.7. The Balaban J connectivity index is 1.66. The van der Waals surface area contributed by atoms with E-state index in [2.05, 4.69) is 0 Å². The summed E-state index contributed by atoms with van der Waals surface area (Å²) in [6.07, 6.45) is -0.0326. The first-order chi connectivity index (χ1) is 14.3. The molecule has 1 atom stereocenters. The third kappa shape index (κ3) is 4.68. The molecule has 0 saturated carbocycles. The Morgan fingerprint density at radius 2 is 1.87 bits per heavy atom. The molecule has 0 unspecified atom stereocenters. The Labute approximate surface area is 183 Å². The van der Waals surface area contributed by atoms with Crippen molar-refractivity contribution in [3.63, 3.8) is 0 Å². The van der Waals surface area contributed by atoms with E-state index in [1.807, 2.05) is 0 Å². The summed E-state index contributed by atoms with van der Waals surface area (Å²) in [5, 5.41) is 0.571. The maximum Gasteiger partial charge on any atom is 0.311 e. The van der Waals surface area contributed by atoms with Gasteiger partial charge in [0.1, 0.15) is 11.5 Å². The molecule has 2 aromatic carbocycles. The van der Waals surface area contributed by atoms with Crippen molar-refractivity contribution in [3.8, 4) is 11.5 Å². The minimum atomic E-state index is -0.707. The van der Waals surface area contributed by atoms with Crippen molar-refractivity contribution in [2.24, 2.45) is 5.92 Å². The number of rotatable bonds is 7. The largest absolute Gasteiger partial charge is 0.497 e. The van der Waals surface area contributed by atoms with Crippen LogP contribution in [0.5, 0.6) is 11.5 Å². The van der Waals surface area contributed by atoms with Crippen LogP contribution in [0.2, 0.25) is 10.0 Å². The Morgan fingerprint density at radius 1 is 1.10 bits per heavy atom. The molecule has 0 bridgehead atoms. The number of nitrogens with zero attached hydrogens (tertiary/aromatic N) is 1. The molecular weight excluding hydrogens is 433 g/mol. The molecule has 1 saturated heterocycles. The zero-order valence-corrected chi connectivity index (χ0v) is 17.8. The average Bonchev–Trinajstić information content (AvgIpc) is 3.12. The number of ketones is 1. The second-order valence-corrected chi connectivity index (χ2v) is 7.44. The monoisotopic (exact) mass is 451 g/mol. The van der Waals surface area contributed by atoms with Crippen molar-refractivity contribution in [2.75, 3.05) is 32.3 Å². The van der Waals surface area contributed by atoms with Crippen LogP contribution < -0.4 is 14.4 Å². The highest BCUT2D eigenvalue weighted by Gasteiger charge is 2.37. The maximum atomic E-state index is 12.5. The van der Waals surface area contributed by atoms with E-state index in [4.69, 9.17) is 37.4 Å². The first-order valence-electron chi connectivity index (χ1n) is 9.01. The number of Topliss-reactive ketones (excluding diaryl/α,β-unsaturated/α-hetero) is 1. The van der Waals surface area contributed by atoms with Gasteiger partial charge in [0.15, 0.2) is 6.61 Å². The molecule has 9 heteroatoms. The van der Waals surface area contributed by atoms with Gasteiger partial charge in [0.2, 0.25) is 11.7 Å². The molecule has 158 valence electrons. The quantitative estimate of drug-likeness (QED) is 0.470. The Morgan fingerprint density at radius 3 is 2.53 bits per heavy atom. The second-order valence-electron chi connectivity index (χ2n) is 6.60. The minimum absolute atomic E-state index is 0.0326. The van der Waals surface area contributed by atoms with E-state index in [1.165, 1.54) is 37.3 Å². The van der Waals surface area contributed by atoms with Gasteiger partial charge < -0.3 is 19.1 Å². The number of anilines is 1. The van der Waals surface area contributed by atoms with Gasteiger partial charge in [0.05, 0.1) is 30.8 Å². The van der Waals surface area contributed by atoms with Crippen LogP contribution in [-0.4, -0.2) is 45.0 Å². The van der Waals surface area contributed by atoms with Gasteiger partial charge in [-0.05, 0) is 30.3 Å². The summed E-state index contributed by atoms with van der Waals surface area (Å²) in [5.41, 5.74) is 0.709. The van der Waals surface area contributed by atoms with Crippen LogP contribution in [0.25, 0.3) is 0 Å². The molecule has 1 fully saturated rings. The summed E-state index contributed by atoms with van der Waals surface area (Å²) < 4.78 is 15.7. The van der Waals surface area contributed by atoms with Gasteiger partial charge in [-0.25, -0.2) is 0 Å². The molecule has 1 heterocycles. The van der Waals surface area contributed by atoms with E-state index in [0.717, 1.165) is 0 Å². The molecule has 3 rings (SSSR count). The van der Waals surface area contributed by atoms with Crippen LogP contribution in [0.3, 0.4) is 0 Å². The number of esters is 1. The zero-order chi connectivity index (χ0) is 21.8. The van der Waals surface area contributed by atoms with Gasteiger partial charge in [0, 0.05) is 29.6 Å². The lowest BCUT2D eigenvalue weighted by atomic mass is 10.1. The first-order valence-corrected chi connectivity index (χ1v) is 9.77. The fourth-order valence-electron chi connectivity index (χ4n) is 3.15. The Hall–Kier alpha value is -2.77. The number of carbonyl (C=O) groups is 3. The lowest BCUT2D eigenvalue weighted by Crippen LogP contribution is -2.27. The number of benzene rings is 2. The molecule has 2 aromatic rings. The van der Waals surface area contributed by atoms with E-state index in [1.54, 1.807) is 18.2 Å². The smallest absolute Gasteiger partial charge is 0.311 e. The number of methoxy groups -OCH3 is 2. The highest BCUT2D eigenvalue weighted by molar-refractivity contribution is 6.36. The summed E-state index contributed by atoms with van der Waals surface area (Å²) in [7, 11) is 3.01. The maximum absolute atomic E-state index is 12.5. The summed E-state index contributed by atoms with van der Waals surface area (Å²) >= 11 is 11.8. The Bertz CT molecular complexity index is 993. The average molecular weight is 452 g/mol.